The van der Waals surface area contributed by atoms with Gasteiger partial charge in [0.1, 0.15) is 0 Å². The maximum Gasteiger partial charge on any atom is 0.191 e. The first kappa shape index (κ1) is 19.0. The van der Waals surface area contributed by atoms with Crippen LogP contribution in [-0.4, -0.2) is 27.7 Å². The smallest absolute Gasteiger partial charge is 0.191 e. The molecule has 0 aliphatic carbocycles. The summed E-state index contributed by atoms with van der Waals surface area (Å²) in [5.41, 5.74) is 4.34. The highest BCUT2D eigenvalue weighted by atomic mass is 32.2. The van der Waals surface area contributed by atoms with Crippen molar-refractivity contribution in [2.75, 3.05) is 13.3 Å². The number of benzene rings is 2. The number of guanidine groups is 1. The van der Waals surface area contributed by atoms with Crippen molar-refractivity contribution < 1.29 is 8.42 Å². The highest BCUT2D eigenvalue weighted by Gasteiger charge is 2.05. The molecular formula is C19H25N3O2S. The first-order valence-electron chi connectivity index (χ1n) is 8.12. The molecule has 0 aliphatic rings. The van der Waals surface area contributed by atoms with Crippen LogP contribution in [0.2, 0.25) is 0 Å². The van der Waals surface area contributed by atoms with Crippen molar-refractivity contribution in [2.24, 2.45) is 4.99 Å². The SMILES string of the molecule is CN=C(NCc1ccc(CS(C)(=O)=O)cc1)NCc1ccccc1C. The summed E-state index contributed by atoms with van der Waals surface area (Å²) in [5, 5.41) is 6.56. The Morgan fingerprint density at radius 3 is 2.16 bits per heavy atom. The lowest BCUT2D eigenvalue weighted by molar-refractivity contribution is 0.601. The van der Waals surface area contributed by atoms with E-state index in [1.165, 1.54) is 17.4 Å². The van der Waals surface area contributed by atoms with Crippen molar-refractivity contribution in [3.8, 4) is 0 Å². The van der Waals surface area contributed by atoms with Gasteiger partial charge in [-0.3, -0.25) is 4.99 Å². The molecule has 0 radical (unpaired) electrons. The maximum absolute atomic E-state index is 11.3. The number of aryl methyl sites for hydroxylation is 1. The van der Waals surface area contributed by atoms with Crippen LogP contribution in [0.4, 0.5) is 0 Å². The molecule has 0 unspecified atom stereocenters. The topological polar surface area (TPSA) is 70.6 Å². The molecule has 2 N–H and O–H groups in total. The number of nitrogens with one attached hydrogen (secondary N) is 2. The summed E-state index contributed by atoms with van der Waals surface area (Å²) in [7, 11) is -1.26. The van der Waals surface area contributed by atoms with Gasteiger partial charge in [-0.1, -0.05) is 48.5 Å². The van der Waals surface area contributed by atoms with Crippen LogP contribution in [0.25, 0.3) is 0 Å². The summed E-state index contributed by atoms with van der Waals surface area (Å²) in [6.07, 6.45) is 1.24. The van der Waals surface area contributed by atoms with E-state index in [0.717, 1.165) is 17.1 Å². The van der Waals surface area contributed by atoms with Crippen LogP contribution in [0.3, 0.4) is 0 Å². The predicted octanol–water partition coefficient (Wildman–Crippen LogP) is 2.40. The minimum Gasteiger partial charge on any atom is -0.352 e. The molecule has 2 rings (SSSR count). The molecule has 5 nitrogen and oxygen atoms in total. The normalized spacial score (nSPS) is 12.0. The van der Waals surface area contributed by atoms with Gasteiger partial charge in [0.2, 0.25) is 0 Å². The zero-order valence-electron chi connectivity index (χ0n) is 14.9. The highest BCUT2D eigenvalue weighted by Crippen LogP contribution is 2.08. The monoisotopic (exact) mass is 359 g/mol. The minimum atomic E-state index is -3.00. The molecule has 0 saturated carbocycles. The molecule has 0 aromatic heterocycles. The molecule has 0 saturated heterocycles. The summed E-state index contributed by atoms with van der Waals surface area (Å²) in [6, 6.07) is 15.8. The molecule has 0 amide bonds. The maximum atomic E-state index is 11.3. The van der Waals surface area contributed by atoms with E-state index >= 15 is 0 Å². The summed E-state index contributed by atoms with van der Waals surface area (Å²) < 4.78 is 22.6. The summed E-state index contributed by atoms with van der Waals surface area (Å²) in [6.45, 7) is 3.41. The fourth-order valence-corrected chi connectivity index (χ4v) is 3.25. The molecule has 0 aliphatic heterocycles. The number of sulfone groups is 1. The molecule has 0 spiro atoms. The van der Waals surface area contributed by atoms with E-state index in [2.05, 4.69) is 34.7 Å². The Balaban J connectivity index is 1.87. The van der Waals surface area contributed by atoms with Gasteiger partial charge < -0.3 is 10.6 Å². The Morgan fingerprint density at radius 2 is 1.56 bits per heavy atom. The van der Waals surface area contributed by atoms with Crippen LogP contribution >= 0.6 is 0 Å². The van der Waals surface area contributed by atoms with E-state index in [1.807, 2.05) is 36.4 Å². The van der Waals surface area contributed by atoms with Crippen molar-refractivity contribution in [2.45, 2.75) is 25.8 Å². The molecule has 2 aromatic carbocycles. The van der Waals surface area contributed by atoms with Crippen LogP contribution in [0.15, 0.2) is 53.5 Å². The summed E-state index contributed by atoms with van der Waals surface area (Å²) >= 11 is 0. The van der Waals surface area contributed by atoms with Gasteiger partial charge in [0.25, 0.3) is 0 Å². The number of hydrogen-bond acceptors (Lipinski definition) is 3. The van der Waals surface area contributed by atoms with Crippen molar-refractivity contribution >= 4 is 15.8 Å². The second-order valence-corrected chi connectivity index (χ2v) is 8.23. The summed E-state index contributed by atoms with van der Waals surface area (Å²) in [4.78, 5) is 4.23. The van der Waals surface area contributed by atoms with E-state index in [1.54, 1.807) is 7.05 Å². The fourth-order valence-electron chi connectivity index (χ4n) is 2.45. The van der Waals surface area contributed by atoms with E-state index in [4.69, 9.17) is 0 Å². The molecular weight excluding hydrogens is 334 g/mol. The predicted molar refractivity (Wildman–Crippen MR) is 103 cm³/mol. The van der Waals surface area contributed by atoms with Crippen LogP contribution in [0.5, 0.6) is 0 Å². The fraction of sp³-hybridized carbons (Fsp3) is 0.316. The van der Waals surface area contributed by atoms with E-state index in [9.17, 15) is 8.42 Å². The van der Waals surface area contributed by atoms with Gasteiger partial charge in [0.05, 0.1) is 5.75 Å². The van der Waals surface area contributed by atoms with Gasteiger partial charge in [0.15, 0.2) is 15.8 Å². The van der Waals surface area contributed by atoms with Gasteiger partial charge >= 0.3 is 0 Å². The Bertz CT molecular complexity index is 828. The van der Waals surface area contributed by atoms with Gasteiger partial charge in [-0.25, -0.2) is 8.42 Å². The molecule has 0 atom stereocenters. The molecule has 2 aromatic rings. The van der Waals surface area contributed by atoms with Gasteiger partial charge in [-0.2, -0.15) is 0 Å². The van der Waals surface area contributed by atoms with E-state index < -0.39 is 9.84 Å². The molecule has 134 valence electrons. The van der Waals surface area contributed by atoms with Crippen molar-refractivity contribution in [3.05, 3.63) is 70.8 Å². The first-order chi connectivity index (χ1) is 11.9. The average Bonchev–Trinajstić information content (AvgIpc) is 2.56. The van der Waals surface area contributed by atoms with Gasteiger partial charge in [0, 0.05) is 26.4 Å². The lowest BCUT2D eigenvalue weighted by Crippen LogP contribution is -2.36. The first-order valence-corrected chi connectivity index (χ1v) is 10.2. The Hall–Kier alpha value is -2.34. The van der Waals surface area contributed by atoms with Gasteiger partial charge in [-0.15, -0.1) is 0 Å². The van der Waals surface area contributed by atoms with Gasteiger partial charge in [-0.05, 0) is 29.2 Å². The Labute approximate surface area is 150 Å². The Morgan fingerprint density at radius 1 is 0.960 bits per heavy atom. The van der Waals surface area contributed by atoms with E-state index in [0.29, 0.717) is 13.1 Å². The molecule has 0 bridgehead atoms. The average molecular weight is 359 g/mol. The molecule has 25 heavy (non-hydrogen) atoms. The third-order valence-electron chi connectivity index (χ3n) is 3.84. The van der Waals surface area contributed by atoms with Crippen LogP contribution in [0.1, 0.15) is 22.3 Å². The number of rotatable bonds is 6. The lowest BCUT2D eigenvalue weighted by Gasteiger charge is -2.13. The summed E-state index contributed by atoms with van der Waals surface area (Å²) in [5.74, 6) is 0.795. The standard InChI is InChI=1S/C19H25N3O2S/c1-15-6-4-5-7-18(15)13-22-19(20-2)21-12-16-8-10-17(11-9-16)14-25(3,23)24/h4-11H,12-14H2,1-3H3,(H2,20,21,22). The lowest BCUT2D eigenvalue weighted by atomic mass is 10.1. The van der Waals surface area contributed by atoms with Crippen molar-refractivity contribution in [1.82, 2.24) is 10.6 Å². The molecule has 6 heteroatoms. The third-order valence-corrected chi connectivity index (χ3v) is 4.70. The third kappa shape index (κ3) is 6.58. The van der Waals surface area contributed by atoms with E-state index in [-0.39, 0.29) is 5.75 Å². The number of aliphatic imine (C=N–C) groups is 1. The van der Waals surface area contributed by atoms with Crippen LogP contribution in [0, 0.1) is 6.92 Å². The molecule has 0 heterocycles. The van der Waals surface area contributed by atoms with Crippen molar-refractivity contribution in [1.29, 1.82) is 0 Å². The number of nitrogens with zero attached hydrogens (tertiary/aromatic N) is 1. The largest absolute Gasteiger partial charge is 0.352 e. The van der Waals surface area contributed by atoms with Crippen LogP contribution < -0.4 is 10.6 Å². The highest BCUT2D eigenvalue weighted by molar-refractivity contribution is 7.89. The molecule has 0 fully saturated rings. The van der Waals surface area contributed by atoms with Crippen molar-refractivity contribution in [3.63, 3.8) is 0 Å². The zero-order chi connectivity index (χ0) is 18.3. The van der Waals surface area contributed by atoms with Crippen LogP contribution in [-0.2, 0) is 28.7 Å². The quantitative estimate of drug-likeness (QED) is 0.614. The minimum absolute atomic E-state index is 0.0698. The second kappa shape index (κ2) is 8.67. The number of hydrogen-bond donors (Lipinski definition) is 2. The zero-order valence-corrected chi connectivity index (χ0v) is 15.7. The Kier molecular flexibility index (Phi) is 6.58. The second-order valence-electron chi connectivity index (χ2n) is 6.09.